The maximum atomic E-state index is 9.40. The summed E-state index contributed by atoms with van der Waals surface area (Å²) < 4.78 is 2.02. The Morgan fingerprint density at radius 2 is 2.09 bits per heavy atom. The highest BCUT2D eigenvalue weighted by molar-refractivity contribution is 5.87. The normalized spacial score (nSPS) is 11.7. The zero-order chi connectivity index (χ0) is 16.4. The Morgan fingerprint density at radius 1 is 1.26 bits per heavy atom. The van der Waals surface area contributed by atoms with Crippen LogP contribution in [0, 0.1) is 13.8 Å². The fourth-order valence-corrected chi connectivity index (χ4v) is 3.02. The number of nitrogens with one attached hydrogen (secondary N) is 1. The Kier molecular flexibility index (Phi) is 4.50. The van der Waals surface area contributed by atoms with E-state index in [0.717, 1.165) is 18.9 Å². The molecule has 0 aliphatic heterocycles. The lowest BCUT2D eigenvalue weighted by Gasteiger charge is -2.21. The third-order valence-electron chi connectivity index (χ3n) is 4.53. The molecule has 3 rings (SSSR count). The Morgan fingerprint density at radius 3 is 2.78 bits per heavy atom. The Hall–Kier alpha value is -2.11. The first-order chi connectivity index (χ1) is 11.1. The number of aryl methyl sites for hydroxylation is 3. The molecular formula is C18H24N4O. The zero-order valence-electron chi connectivity index (χ0n) is 14.0. The van der Waals surface area contributed by atoms with Gasteiger partial charge in [0, 0.05) is 43.6 Å². The smallest absolute Gasteiger partial charge is 0.122 e. The second-order valence-corrected chi connectivity index (χ2v) is 6.10. The second kappa shape index (κ2) is 6.56. The molecule has 2 heterocycles. The van der Waals surface area contributed by atoms with E-state index in [1.807, 2.05) is 24.0 Å². The summed E-state index contributed by atoms with van der Waals surface area (Å²) >= 11 is 0. The summed E-state index contributed by atoms with van der Waals surface area (Å²) in [4.78, 5) is 10.1. The summed E-state index contributed by atoms with van der Waals surface area (Å²) in [6.07, 6.45) is 3.76. The number of aliphatic hydroxyl groups is 1. The molecule has 0 aliphatic carbocycles. The second-order valence-electron chi connectivity index (χ2n) is 6.10. The predicted octanol–water partition coefficient (Wildman–Crippen LogP) is 2.51. The lowest BCUT2D eigenvalue weighted by molar-refractivity contribution is 0.180. The van der Waals surface area contributed by atoms with Gasteiger partial charge in [-0.25, -0.2) is 4.98 Å². The van der Waals surface area contributed by atoms with E-state index < -0.39 is 0 Å². The van der Waals surface area contributed by atoms with Crippen LogP contribution in [-0.2, 0) is 20.1 Å². The predicted molar refractivity (Wildman–Crippen MR) is 92.2 cm³/mol. The van der Waals surface area contributed by atoms with E-state index in [2.05, 4.69) is 46.9 Å². The zero-order valence-corrected chi connectivity index (χ0v) is 14.0. The maximum absolute atomic E-state index is 9.40. The molecular weight excluding hydrogens is 288 g/mol. The van der Waals surface area contributed by atoms with Crippen LogP contribution >= 0.6 is 0 Å². The number of hydrogen-bond acceptors (Lipinski definition) is 3. The topological polar surface area (TPSA) is 57.1 Å². The van der Waals surface area contributed by atoms with E-state index in [1.165, 1.54) is 27.7 Å². The Balaban J connectivity index is 1.88. The first-order valence-electron chi connectivity index (χ1n) is 7.96. The average molecular weight is 312 g/mol. The SMILES string of the molecule is Cc1[nH]c2c(CN(CCO)Cc3nccn3C)cccc2c1C. The van der Waals surface area contributed by atoms with E-state index in [4.69, 9.17) is 0 Å². The van der Waals surface area contributed by atoms with Gasteiger partial charge in [-0.2, -0.15) is 0 Å². The molecule has 0 unspecified atom stereocenters. The van der Waals surface area contributed by atoms with Gasteiger partial charge in [0.15, 0.2) is 0 Å². The van der Waals surface area contributed by atoms with Gasteiger partial charge in [0.05, 0.1) is 18.7 Å². The van der Waals surface area contributed by atoms with Gasteiger partial charge in [0.25, 0.3) is 0 Å². The number of hydrogen-bond donors (Lipinski definition) is 2. The van der Waals surface area contributed by atoms with Gasteiger partial charge in [0.2, 0.25) is 0 Å². The van der Waals surface area contributed by atoms with Crippen LogP contribution in [0.4, 0.5) is 0 Å². The van der Waals surface area contributed by atoms with Crippen LogP contribution in [0.2, 0.25) is 0 Å². The summed E-state index contributed by atoms with van der Waals surface area (Å²) in [6.45, 7) is 6.53. The summed E-state index contributed by atoms with van der Waals surface area (Å²) in [6, 6.07) is 6.42. The van der Waals surface area contributed by atoms with Crippen LogP contribution < -0.4 is 0 Å². The van der Waals surface area contributed by atoms with E-state index in [-0.39, 0.29) is 6.61 Å². The van der Waals surface area contributed by atoms with E-state index >= 15 is 0 Å². The van der Waals surface area contributed by atoms with Crippen molar-refractivity contribution in [3.63, 3.8) is 0 Å². The summed E-state index contributed by atoms with van der Waals surface area (Å²) in [5.74, 6) is 1.00. The van der Waals surface area contributed by atoms with Gasteiger partial charge in [-0.15, -0.1) is 0 Å². The standard InChI is InChI=1S/C18H24N4O/c1-13-14(2)20-18-15(5-4-6-16(13)18)11-22(9-10-23)12-17-19-7-8-21(17)3/h4-8,20,23H,9-12H2,1-3H3. The average Bonchev–Trinajstić information content (AvgIpc) is 3.05. The number of para-hydroxylation sites is 1. The number of fused-ring (bicyclic) bond motifs is 1. The first-order valence-corrected chi connectivity index (χ1v) is 7.96. The Bertz CT molecular complexity index is 803. The number of aromatic nitrogens is 3. The molecule has 3 aromatic rings. The van der Waals surface area contributed by atoms with Crippen molar-refractivity contribution < 1.29 is 5.11 Å². The number of aliphatic hydroxyl groups excluding tert-OH is 1. The molecule has 0 spiro atoms. The highest BCUT2D eigenvalue weighted by atomic mass is 16.3. The highest BCUT2D eigenvalue weighted by Crippen LogP contribution is 2.25. The third kappa shape index (κ3) is 3.16. The molecule has 0 bridgehead atoms. The Labute approximate surface area is 136 Å². The monoisotopic (exact) mass is 312 g/mol. The largest absolute Gasteiger partial charge is 0.395 e. The number of benzene rings is 1. The van der Waals surface area contributed by atoms with Crippen molar-refractivity contribution in [2.75, 3.05) is 13.2 Å². The van der Waals surface area contributed by atoms with Crippen molar-refractivity contribution in [1.82, 2.24) is 19.4 Å². The molecule has 0 amide bonds. The first kappa shape index (κ1) is 15.8. The minimum atomic E-state index is 0.142. The van der Waals surface area contributed by atoms with E-state index in [0.29, 0.717) is 6.54 Å². The molecule has 23 heavy (non-hydrogen) atoms. The molecule has 0 aliphatic rings. The van der Waals surface area contributed by atoms with Crippen molar-refractivity contribution in [2.24, 2.45) is 7.05 Å². The van der Waals surface area contributed by atoms with Gasteiger partial charge in [0.1, 0.15) is 5.82 Å². The lowest BCUT2D eigenvalue weighted by atomic mass is 10.1. The summed E-state index contributed by atoms with van der Waals surface area (Å²) in [5.41, 5.74) is 4.97. The molecule has 0 radical (unpaired) electrons. The van der Waals surface area contributed by atoms with Gasteiger partial charge in [-0.3, -0.25) is 4.90 Å². The van der Waals surface area contributed by atoms with Crippen LogP contribution in [0.25, 0.3) is 10.9 Å². The lowest BCUT2D eigenvalue weighted by Crippen LogP contribution is -2.27. The molecule has 2 N–H and O–H groups in total. The minimum absolute atomic E-state index is 0.142. The van der Waals surface area contributed by atoms with Crippen LogP contribution in [0.5, 0.6) is 0 Å². The van der Waals surface area contributed by atoms with Crippen molar-refractivity contribution in [1.29, 1.82) is 0 Å². The maximum Gasteiger partial charge on any atom is 0.122 e. The number of imidazole rings is 1. The van der Waals surface area contributed by atoms with Crippen LogP contribution in [0.3, 0.4) is 0 Å². The third-order valence-corrected chi connectivity index (χ3v) is 4.53. The van der Waals surface area contributed by atoms with Crippen LogP contribution in [0.15, 0.2) is 30.6 Å². The molecule has 2 aromatic heterocycles. The van der Waals surface area contributed by atoms with Gasteiger partial charge in [-0.1, -0.05) is 18.2 Å². The number of aromatic amines is 1. The highest BCUT2D eigenvalue weighted by Gasteiger charge is 2.13. The molecule has 0 fully saturated rings. The van der Waals surface area contributed by atoms with E-state index in [9.17, 15) is 5.11 Å². The van der Waals surface area contributed by atoms with Crippen LogP contribution in [0.1, 0.15) is 22.6 Å². The van der Waals surface area contributed by atoms with Gasteiger partial charge >= 0.3 is 0 Å². The van der Waals surface area contributed by atoms with Gasteiger partial charge in [-0.05, 0) is 25.0 Å². The summed E-state index contributed by atoms with van der Waals surface area (Å²) in [5, 5.41) is 10.7. The van der Waals surface area contributed by atoms with Crippen molar-refractivity contribution in [3.8, 4) is 0 Å². The molecule has 5 nitrogen and oxygen atoms in total. The van der Waals surface area contributed by atoms with Crippen LogP contribution in [-0.4, -0.2) is 37.7 Å². The van der Waals surface area contributed by atoms with E-state index in [1.54, 1.807) is 0 Å². The number of rotatable bonds is 6. The minimum Gasteiger partial charge on any atom is -0.395 e. The quantitative estimate of drug-likeness (QED) is 0.735. The molecule has 0 saturated heterocycles. The van der Waals surface area contributed by atoms with Gasteiger partial charge < -0.3 is 14.7 Å². The molecule has 0 saturated carbocycles. The molecule has 1 aromatic carbocycles. The fourth-order valence-electron chi connectivity index (χ4n) is 3.02. The number of H-pyrrole nitrogens is 1. The fraction of sp³-hybridized carbons (Fsp3) is 0.389. The summed E-state index contributed by atoms with van der Waals surface area (Å²) in [7, 11) is 2.00. The molecule has 0 atom stereocenters. The molecule has 122 valence electrons. The van der Waals surface area contributed by atoms with Crippen molar-refractivity contribution >= 4 is 10.9 Å². The van der Waals surface area contributed by atoms with Crippen molar-refractivity contribution in [2.45, 2.75) is 26.9 Å². The number of nitrogens with zero attached hydrogens (tertiary/aromatic N) is 3. The van der Waals surface area contributed by atoms with Crippen molar-refractivity contribution in [3.05, 3.63) is 53.2 Å². The molecule has 5 heteroatoms.